The molecule has 0 fully saturated rings. The molecule has 0 radical (unpaired) electrons. The summed E-state index contributed by atoms with van der Waals surface area (Å²) in [7, 11) is 1.70. The summed E-state index contributed by atoms with van der Waals surface area (Å²) in [6.45, 7) is 2.95. The molecule has 0 saturated heterocycles. The first-order valence-corrected chi connectivity index (χ1v) is 7.81. The molecule has 0 aliphatic carbocycles. The van der Waals surface area contributed by atoms with Gasteiger partial charge in [0.25, 0.3) is 5.56 Å². The molecule has 1 aliphatic rings. The highest BCUT2D eigenvalue weighted by molar-refractivity contribution is 7.10. The van der Waals surface area contributed by atoms with Crippen LogP contribution in [0.5, 0.6) is 0 Å². The number of hydrogen-bond donors (Lipinski definition) is 0. The van der Waals surface area contributed by atoms with Crippen molar-refractivity contribution in [2.24, 2.45) is 7.05 Å². The molecule has 3 heterocycles. The maximum Gasteiger partial charge on any atom is 0.256 e. The number of carbonyl (C=O) groups is 1. The van der Waals surface area contributed by atoms with Crippen molar-refractivity contribution in [1.82, 2.24) is 14.5 Å². The van der Waals surface area contributed by atoms with E-state index in [-0.39, 0.29) is 17.4 Å². The summed E-state index contributed by atoms with van der Waals surface area (Å²) in [5.74, 6) is -0.0383. The normalized spacial score (nSPS) is 15.6. The fraction of sp³-hybridized carbons (Fsp3) is 0.400. The highest BCUT2D eigenvalue weighted by Gasteiger charge is 2.28. The summed E-state index contributed by atoms with van der Waals surface area (Å²) in [4.78, 5) is 31.8. The van der Waals surface area contributed by atoms with Crippen LogP contribution in [-0.2, 0) is 24.8 Å². The minimum absolute atomic E-state index is 0.00148. The lowest BCUT2D eigenvalue weighted by Gasteiger charge is -2.29. The predicted molar refractivity (Wildman–Crippen MR) is 81.3 cm³/mol. The smallest absolute Gasteiger partial charge is 0.256 e. The fourth-order valence-electron chi connectivity index (χ4n) is 2.64. The van der Waals surface area contributed by atoms with E-state index in [1.54, 1.807) is 23.3 Å². The highest BCUT2D eigenvalue weighted by Crippen LogP contribution is 2.25. The van der Waals surface area contributed by atoms with Gasteiger partial charge in [-0.15, -0.1) is 11.3 Å². The Kier molecular flexibility index (Phi) is 3.63. The molecule has 1 atom stereocenters. The topological polar surface area (TPSA) is 55.2 Å². The summed E-state index contributed by atoms with van der Waals surface area (Å²) in [6.07, 6.45) is 2.11. The Labute approximate surface area is 126 Å². The quantitative estimate of drug-likeness (QED) is 0.845. The minimum Gasteiger partial charge on any atom is -0.336 e. The number of fused-ring (bicyclic) bond motifs is 1. The zero-order valence-corrected chi connectivity index (χ0v) is 12.9. The van der Waals surface area contributed by atoms with Gasteiger partial charge in [-0.1, -0.05) is 6.07 Å². The van der Waals surface area contributed by atoms with Crippen molar-refractivity contribution in [3.8, 4) is 0 Å². The minimum atomic E-state index is -0.141. The lowest BCUT2D eigenvalue weighted by atomic mass is 10.0. The van der Waals surface area contributed by atoms with Crippen molar-refractivity contribution in [3.05, 3.63) is 50.3 Å². The number of thiophene rings is 1. The first-order chi connectivity index (χ1) is 10.1. The molecule has 0 unspecified atom stereocenters. The number of rotatable bonds is 2. The second-order valence-corrected chi connectivity index (χ2v) is 6.31. The Morgan fingerprint density at radius 2 is 2.29 bits per heavy atom. The SMILES string of the molecule is C[C@H](C(=O)N1CCc2c(ncn(C)c2=O)C1)c1cccs1. The summed E-state index contributed by atoms with van der Waals surface area (Å²) in [5, 5.41) is 1.98. The van der Waals surface area contributed by atoms with Crippen molar-refractivity contribution in [3.63, 3.8) is 0 Å². The van der Waals surface area contributed by atoms with E-state index in [0.29, 0.717) is 19.5 Å². The van der Waals surface area contributed by atoms with Gasteiger partial charge in [0.05, 0.1) is 24.5 Å². The Morgan fingerprint density at radius 3 is 3.00 bits per heavy atom. The van der Waals surface area contributed by atoms with E-state index in [0.717, 1.165) is 16.1 Å². The maximum absolute atomic E-state index is 12.6. The fourth-order valence-corrected chi connectivity index (χ4v) is 3.41. The van der Waals surface area contributed by atoms with E-state index < -0.39 is 0 Å². The van der Waals surface area contributed by atoms with Crippen LogP contribution in [0.4, 0.5) is 0 Å². The first-order valence-electron chi connectivity index (χ1n) is 6.93. The molecule has 0 aromatic carbocycles. The number of aromatic nitrogens is 2. The molecular formula is C15H17N3O2S. The number of nitrogens with zero attached hydrogens (tertiary/aromatic N) is 3. The third-order valence-corrected chi connectivity index (χ3v) is 4.99. The number of hydrogen-bond acceptors (Lipinski definition) is 4. The second kappa shape index (κ2) is 5.44. The Hall–Kier alpha value is -1.95. The van der Waals surface area contributed by atoms with Crippen LogP contribution in [0, 0.1) is 0 Å². The Morgan fingerprint density at radius 1 is 1.48 bits per heavy atom. The molecule has 110 valence electrons. The first kappa shape index (κ1) is 14.0. The third-order valence-electron chi connectivity index (χ3n) is 3.94. The van der Waals surface area contributed by atoms with Crippen LogP contribution in [0.25, 0.3) is 0 Å². The van der Waals surface area contributed by atoms with Gasteiger partial charge in [-0.2, -0.15) is 0 Å². The monoisotopic (exact) mass is 303 g/mol. The molecule has 1 amide bonds. The van der Waals surface area contributed by atoms with Crippen LogP contribution < -0.4 is 5.56 Å². The van der Waals surface area contributed by atoms with E-state index >= 15 is 0 Å². The maximum atomic E-state index is 12.6. The molecule has 1 aliphatic heterocycles. The van der Waals surface area contributed by atoms with Gasteiger partial charge in [-0.05, 0) is 24.8 Å². The molecule has 0 bridgehead atoms. The van der Waals surface area contributed by atoms with Gasteiger partial charge in [-0.3, -0.25) is 9.59 Å². The van der Waals surface area contributed by atoms with Crippen molar-refractivity contribution in [2.75, 3.05) is 6.54 Å². The average Bonchev–Trinajstić information content (AvgIpc) is 3.03. The van der Waals surface area contributed by atoms with Crippen LogP contribution >= 0.6 is 11.3 Å². The Balaban J connectivity index is 1.82. The molecular weight excluding hydrogens is 286 g/mol. The summed E-state index contributed by atoms with van der Waals surface area (Å²) in [6, 6.07) is 3.94. The van der Waals surface area contributed by atoms with Crippen LogP contribution in [0.3, 0.4) is 0 Å². The molecule has 2 aromatic rings. The van der Waals surface area contributed by atoms with Gasteiger partial charge in [0.2, 0.25) is 5.91 Å². The molecule has 2 aromatic heterocycles. The van der Waals surface area contributed by atoms with E-state index in [1.807, 2.05) is 24.4 Å². The van der Waals surface area contributed by atoms with Gasteiger partial charge >= 0.3 is 0 Å². The lowest BCUT2D eigenvalue weighted by Crippen LogP contribution is -2.41. The van der Waals surface area contributed by atoms with Crippen LogP contribution in [0.15, 0.2) is 28.6 Å². The number of amides is 1. The summed E-state index contributed by atoms with van der Waals surface area (Å²) < 4.78 is 1.49. The van der Waals surface area contributed by atoms with Crippen LogP contribution in [0.1, 0.15) is 29.0 Å². The molecule has 0 N–H and O–H groups in total. The van der Waals surface area contributed by atoms with Gasteiger partial charge < -0.3 is 9.47 Å². The lowest BCUT2D eigenvalue weighted by molar-refractivity contribution is -0.133. The molecule has 0 spiro atoms. The van der Waals surface area contributed by atoms with Crippen LogP contribution in [0.2, 0.25) is 0 Å². The molecule has 5 nitrogen and oxygen atoms in total. The van der Waals surface area contributed by atoms with Crippen molar-refractivity contribution in [2.45, 2.75) is 25.8 Å². The van der Waals surface area contributed by atoms with E-state index in [9.17, 15) is 9.59 Å². The highest BCUT2D eigenvalue weighted by atomic mass is 32.1. The van der Waals surface area contributed by atoms with Crippen LogP contribution in [-0.4, -0.2) is 26.9 Å². The zero-order valence-electron chi connectivity index (χ0n) is 12.1. The van der Waals surface area contributed by atoms with E-state index in [2.05, 4.69) is 4.98 Å². The molecule has 6 heteroatoms. The zero-order chi connectivity index (χ0) is 15.0. The standard InChI is InChI=1S/C15H17N3O2S/c1-10(13-4-3-7-21-13)14(19)18-6-5-11-12(8-18)16-9-17(2)15(11)20/h3-4,7,9-10H,5-6,8H2,1-2H3/t10-/m0/s1. The van der Waals surface area contributed by atoms with E-state index in [4.69, 9.17) is 0 Å². The second-order valence-electron chi connectivity index (χ2n) is 5.33. The van der Waals surface area contributed by atoms with Gasteiger partial charge in [0, 0.05) is 24.0 Å². The summed E-state index contributed by atoms with van der Waals surface area (Å²) in [5.41, 5.74) is 1.47. The molecule has 3 rings (SSSR count). The van der Waals surface area contributed by atoms with Gasteiger partial charge in [-0.25, -0.2) is 4.98 Å². The molecule has 21 heavy (non-hydrogen) atoms. The van der Waals surface area contributed by atoms with Crippen molar-refractivity contribution >= 4 is 17.2 Å². The Bertz CT molecular complexity index is 721. The summed E-state index contributed by atoms with van der Waals surface area (Å²) >= 11 is 1.60. The van der Waals surface area contributed by atoms with Gasteiger partial charge in [0.15, 0.2) is 0 Å². The number of aryl methyl sites for hydroxylation is 1. The largest absolute Gasteiger partial charge is 0.336 e. The third kappa shape index (κ3) is 2.51. The number of carbonyl (C=O) groups excluding carboxylic acids is 1. The van der Waals surface area contributed by atoms with E-state index in [1.165, 1.54) is 10.9 Å². The predicted octanol–water partition coefficient (Wildman–Crippen LogP) is 1.53. The average molecular weight is 303 g/mol. The van der Waals surface area contributed by atoms with Crippen molar-refractivity contribution < 1.29 is 4.79 Å². The molecule has 0 saturated carbocycles. The van der Waals surface area contributed by atoms with Crippen molar-refractivity contribution in [1.29, 1.82) is 0 Å². The van der Waals surface area contributed by atoms with Gasteiger partial charge in [0.1, 0.15) is 0 Å².